The highest BCUT2D eigenvalue weighted by Crippen LogP contribution is 2.37. The topological polar surface area (TPSA) is 29.5 Å². The van der Waals surface area contributed by atoms with E-state index in [-0.39, 0.29) is 5.82 Å². The molecule has 1 aromatic carbocycles. The van der Waals surface area contributed by atoms with Gasteiger partial charge in [0.15, 0.2) is 0 Å². The first-order valence-electron chi connectivity index (χ1n) is 6.13. The van der Waals surface area contributed by atoms with Crippen LogP contribution >= 0.6 is 0 Å². The molecule has 0 saturated carbocycles. The van der Waals surface area contributed by atoms with Gasteiger partial charge in [-0.1, -0.05) is 26.7 Å². The highest BCUT2D eigenvalue weighted by molar-refractivity contribution is 5.38. The molecule has 0 atom stereocenters. The molecule has 0 aliphatic heterocycles. The molecule has 0 fully saturated rings. The highest BCUT2D eigenvalue weighted by Gasteiger charge is 2.30. The number of halogens is 1. The average molecular weight is 240 g/mol. The second-order valence-corrected chi connectivity index (χ2v) is 4.38. The maximum Gasteiger partial charge on any atom is 0.125 e. The summed E-state index contributed by atoms with van der Waals surface area (Å²) in [5.41, 5.74) is -0.430. The molecule has 0 radical (unpaired) electrons. The van der Waals surface area contributed by atoms with Gasteiger partial charge in [-0.25, -0.2) is 4.39 Å². The largest absolute Gasteiger partial charge is 0.496 e. The predicted octanol–water partition coefficient (Wildman–Crippen LogP) is 3.62. The lowest BCUT2D eigenvalue weighted by Gasteiger charge is -2.29. The van der Waals surface area contributed by atoms with Crippen LogP contribution in [0.3, 0.4) is 0 Å². The van der Waals surface area contributed by atoms with E-state index in [1.54, 1.807) is 6.07 Å². The number of hydrogen-bond donors (Lipinski definition) is 1. The second kappa shape index (κ2) is 6.01. The molecule has 1 aromatic rings. The van der Waals surface area contributed by atoms with Crippen LogP contribution < -0.4 is 4.74 Å². The van der Waals surface area contributed by atoms with E-state index in [9.17, 15) is 9.50 Å². The van der Waals surface area contributed by atoms with E-state index in [1.165, 1.54) is 19.2 Å². The summed E-state index contributed by atoms with van der Waals surface area (Å²) in [6.07, 6.45) is 2.91. The number of hydrogen-bond acceptors (Lipinski definition) is 2. The summed E-state index contributed by atoms with van der Waals surface area (Å²) in [5.74, 6) is 0.210. The van der Waals surface area contributed by atoms with Crippen LogP contribution in [0.5, 0.6) is 5.75 Å². The molecule has 2 nitrogen and oxygen atoms in total. The SMILES string of the molecule is CCCC(O)(CCC)c1cc(F)ccc1OC. The average Bonchev–Trinajstić information content (AvgIpc) is 2.29. The molecule has 0 heterocycles. The Balaban J connectivity index is 3.20. The predicted molar refractivity (Wildman–Crippen MR) is 66.7 cm³/mol. The van der Waals surface area contributed by atoms with Crippen molar-refractivity contribution in [3.8, 4) is 5.75 Å². The van der Waals surface area contributed by atoms with Gasteiger partial charge in [0.2, 0.25) is 0 Å². The van der Waals surface area contributed by atoms with Crippen LogP contribution in [-0.4, -0.2) is 12.2 Å². The van der Waals surface area contributed by atoms with Crippen LogP contribution in [0, 0.1) is 5.82 Å². The molecule has 0 unspecified atom stereocenters. The maximum atomic E-state index is 13.3. The molecule has 0 aliphatic rings. The van der Waals surface area contributed by atoms with E-state index in [4.69, 9.17) is 4.74 Å². The van der Waals surface area contributed by atoms with Crippen LogP contribution in [0.2, 0.25) is 0 Å². The van der Waals surface area contributed by atoms with Crippen molar-refractivity contribution in [1.29, 1.82) is 0 Å². The molecular weight excluding hydrogens is 219 g/mol. The van der Waals surface area contributed by atoms with Gasteiger partial charge < -0.3 is 9.84 Å². The summed E-state index contributed by atoms with van der Waals surface area (Å²) in [6.45, 7) is 4.01. The Labute approximate surface area is 102 Å². The molecule has 0 saturated heterocycles. The third-order valence-electron chi connectivity index (χ3n) is 2.99. The monoisotopic (exact) mass is 240 g/mol. The summed E-state index contributed by atoms with van der Waals surface area (Å²) in [5, 5.41) is 10.7. The van der Waals surface area contributed by atoms with Gasteiger partial charge in [-0.2, -0.15) is 0 Å². The van der Waals surface area contributed by atoms with Crippen molar-refractivity contribution in [3.05, 3.63) is 29.6 Å². The van der Waals surface area contributed by atoms with Crippen molar-refractivity contribution in [3.63, 3.8) is 0 Å². The second-order valence-electron chi connectivity index (χ2n) is 4.38. The van der Waals surface area contributed by atoms with Crippen LogP contribution in [0.4, 0.5) is 4.39 Å². The van der Waals surface area contributed by atoms with Crippen molar-refractivity contribution in [2.75, 3.05) is 7.11 Å². The number of ether oxygens (including phenoxy) is 1. The first kappa shape index (κ1) is 14.0. The maximum absolute atomic E-state index is 13.3. The number of methoxy groups -OCH3 is 1. The molecule has 1 rings (SSSR count). The summed E-state index contributed by atoms with van der Waals surface area (Å²) in [6, 6.07) is 4.30. The van der Waals surface area contributed by atoms with E-state index in [0.29, 0.717) is 24.2 Å². The summed E-state index contributed by atoms with van der Waals surface area (Å²) in [7, 11) is 1.54. The molecule has 1 N–H and O–H groups in total. The summed E-state index contributed by atoms with van der Waals surface area (Å²) < 4.78 is 18.5. The molecule has 0 amide bonds. The normalized spacial score (nSPS) is 11.6. The smallest absolute Gasteiger partial charge is 0.125 e. The fourth-order valence-corrected chi connectivity index (χ4v) is 2.27. The number of aliphatic hydroxyl groups is 1. The van der Waals surface area contributed by atoms with Gasteiger partial charge in [0.25, 0.3) is 0 Å². The van der Waals surface area contributed by atoms with E-state index in [2.05, 4.69) is 0 Å². The highest BCUT2D eigenvalue weighted by atomic mass is 19.1. The minimum absolute atomic E-state index is 0.341. The van der Waals surface area contributed by atoms with Gasteiger partial charge in [0, 0.05) is 5.56 Å². The zero-order valence-corrected chi connectivity index (χ0v) is 10.8. The number of rotatable bonds is 6. The minimum Gasteiger partial charge on any atom is -0.496 e. The first-order valence-corrected chi connectivity index (χ1v) is 6.13. The zero-order valence-electron chi connectivity index (χ0n) is 10.8. The van der Waals surface area contributed by atoms with Crippen LogP contribution in [-0.2, 0) is 5.60 Å². The molecule has 3 heteroatoms. The fourth-order valence-electron chi connectivity index (χ4n) is 2.27. The minimum atomic E-state index is -0.989. The van der Waals surface area contributed by atoms with Gasteiger partial charge in [-0.3, -0.25) is 0 Å². The fraction of sp³-hybridized carbons (Fsp3) is 0.571. The van der Waals surface area contributed by atoms with Crippen molar-refractivity contribution < 1.29 is 14.2 Å². The lowest BCUT2D eigenvalue weighted by molar-refractivity contribution is 0.0145. The Morgan fingerprint density at radius 2 is 1.82 bits per heavy atom. The zero-order chi connectivity index (χ0) is 12.9. The molecule has 0 aromatic heterocycles. The van der Waals surface area contributed by atoms with Crippen LogP contribution in [0.25, 0.3) is 0 Å². The summed E-state index contributed by atoms with van der Waals surface area (Å²) >= 11 is 0. The molecular formula is C14H21FO2. The molecule has 17 heavy (non-hydrogen) atoms. The molecule has 0 bridgehead atoms. The summed E-state index contributed by atoms with van der Waals surface area (Å²) in [4.78, 5) is 0. The quantitative estimate of drug-likeness (QED) is 0.823. The molecule has 0 aliphatic carbocycles. The first-order chi connectivity index (χ1) is 8.07. The Kier molecular flexibility index (Phi) is 4.94. The standard InChI is InChI=1S/C14H21FO2/c1-4-8-14(16,9-5-2)12-10-11(15)6-7-13(12)17-3/h6-7,10,16H,4-5,8-9H2,1-3H3. The van der Waals surface area contributed by atoms with E-state index < -0.39 is 5.60 Å². The van der Waals surface area contributed by atoms with E-state index in [1.807, 2.05) is 13.8 Å². The Morgan fingerprint density at radius 3 is 2.29 bits per heavy atom. The third kappa shape index (κ3) is 3.19. The van der Waals surface area contributed by atoms with Crippen molar-refractivity contribution in [2.24, 2.45) is 0 Å². The van der Waals surface area contributed by atoms with Crippen molar-refractivity contribution in [2.45, 2.75) is 45.1 Å². The van der Waals surface area contributed by atoms with E-state index >= 15 is 0 Å². The Morgan fingerprint density at radius 1 is 1.24 bits per heavy atom. The molecule has 96 valence electrons. The van der Waals surface area contributed by atoms with Gasteiger partial charge in [-0.15, -0.1) is 0 Å². The molecule has 0 spiro atoms. The van der Waals surface area contributed by atoms with Crippen molar-refractivity contribution in [1.82, 2.24) is 0 Å². The Hall–Kier alpha value is -1.09. The van der Waals surface area contributed by atoms with Gasteiger partial charge in [0.1, 0.15) is 11.6 Å². The van der Waals surface area contributed by atoms with Crippen LogP contribution in [0.1, 0.15) is 45.1 Å². The van der Waals surface area contributed by atoms with Gasteiger partial charge in [0.05, 0.1) is 12.7 Å². The van der Waals surface area contributed by atoms with Gasteiger partial charge >= 0.3 is 0 Å². The van der Waals surface area contributed by atoms with Gasteiger partial charge in [-0.05, 0) is 31.0 Å². The van der Waals surface area contributed by atoms with E-state index in [0.717, 1.165) is 12.8 Å². The lowest BCUT2D eigenvalue weighted by atomic mass is 9.84. The van der Waals surface area contributed by atoms with Crippen LogP contribution in [0.15, 0.2) is 18.2 Å². The van der Waals surface area contributed by atoms with Crippen molar-refractivity contribution >= 4 is 0 Å². The third-order valence-corrected chi connectivity index (χ3v) is 2.99. The Bertz CT molecular complexity index is 357. The lowest BCUT2D eigenvalue weighted by Crippen LogP contribution is -2.26. The number of benzene rings is 1.